The van der Waals surface area contributed by atoms with E-state index in [0.717, 1.165) is 22.6 Å². The Kier molecular flexibility index (Phi) is 7.93. The van der Waals surface area contributed by atoms with Crippen LogP contribution in [0.3, 0.4) is 0 Å². The first kappa shape index (κ1) is 30.1. The number of rotatable bonds is 11. The summed E-state index contributed by atoms with van der Waals surface area (Å²) in [4.78, 5) is 53.8. The maximum Gasteiger partial charge on any atom is 0.362 e. The van der Waals surface area contributed by atoms with Gasteiger partial charge in [0, 0.05) is 37.4 Å². The summed E-state index contributed by atoms with van der Waals surface area (Å²) in [6.45, 7) is 0.945. The number of aliphatic carboxylic acids is 1. The highest BCUT2D eigenvalue weighted by Crippen LogP contribution is 2.40. The summed E-state index contributed by atoms with van der Waals surface area (Å²) in [6.07, 6.45) is 2.48. The van der Waals surface area contributed by atoms with Crippen LogP contribution in [0.15, 0.2) is 21.7 Å². The van der Waals surface area contributed by atoms with E-state index in [1.165, 1.54) is 11.6 Å². The molecule has 2 aromatic heterocycles. The van der Waals surface area contributed by atoms with Gasteiger partial charge in [-0.3, -0.25) is 14.1 Å². The van der Waals surface area contributed by atoms with Gasteiger partial charge in [-0.25, -0.2) is 19.1 Å². The van der Waals surface area contributed by atoms with Crippen molar-refractivity contribution in [3.8, 4) is 0 Å². The minimum Gasteiger partial charge on any atom is -0.478 e. The summed E-state index contributed by atoms with van der Waals surface area (Å²) >= 11 is 0.967. The molecule has 3 atom stereocenters. The molecule has 2 saturated heterocycles. The first-order chi connectivity index (χ1) is 20.3. The molecule has 0 spiro atoms. The maximum absolute atomic E-state index is 13.2. The number of guanidine groups is 1. The lowest BCUT2D eigenvalue weighted by Crippen LogP contribution is -2.73. The third kappa shape index (κ3) is 6.35. The van der Waals surface area contributed by atoms with Crippen LogP contribution in [-0.2, 0) is 42.6 Å². The molecule has 0 aromatic carbocycles. The molecule has 3 fully saturated rings. The fourth-order valence-corrected chi connectivity index (χ4v) is 5.88. The fourth-order valence-electron chi connectivity index (χ4n) is 4.46. The predicted octanol–water partition coefficient (Wildman–Crippen LogP) is -3.30. The van der Waals surface area contributed by atoms with E-state index in [2.05, 4.69) is 30.6 Å². The van der Waals surface area contributed by atoms with Crippen molar-refractivity contribution in [1.29, 1.82) is 0 Å². The second-order valence-corrected chi connectivity index (χ2v) is 12.3. The molecule has 2 aliphatic heterocycles. The summed E-state index contributed by atoms with van der Waals surface area (Å²) in [7, 11) is -5.02. The molecule has 0 radical (unpaired) electrons. The molecule has 2 aromatic rings. The monoisotopic (exact) mass is 640 g/mol. The summed E-state index contributed by atoms with van der Waals surface area (Å²) in [5.74, 6) is -3.17. The minimum absolute atomic E-state index is 0.00749. The second-order valence-electron chi connectivity index (χ2n) is 10.1. The van der Waals surface area contributed by atoms with Crippen molar-refractivity contribution in [2.45, 2.75) is 56.1 Å². The number of hydrogen-bond acceptors (Lipinski definition) is 14. The average Bonchev–Trinajstić information content (AvgIpc) is 3.21. The van der Waals surface area contributed by atoms with Crippen LogP contribution >= 0.6 is 11.3 Å². The molecule has 2 amide bonds. The van der Waals surface area contributed by atoms with E-state index in [0.29, 0.717) is 18.8 Å². The van der Waals surface area contributed by atoms with Crippen molar-refractivity contribution < 1.29 is 37.3 Å². The highest BCUT2D eigenvalue weighted by molar-refractivity contribution is 7.84. The molecule has 20 nitrogen and oxygen atoms in total. The predicted molar refractivity (Wildman–Crippen MR) is 147 cm³/mol. The number of oxime groups is 1. The number of nitrogens with one attached hydrogen (secondary N) is 1. The van der Waals surface area contributed by atoms with E-state index < -0.39 is 51.5 Å². The number of carbonyl (C=O) groups is 3. The normalized spacial score (nSPS) is 23.7. The topological polar surface area (TPSA) is 300 Å². The smallest absolute Gasteiger partial charge is 0.362 e. The standard InChI is InChI=1S/C21H28N12O8S2/c22-10-1-4-31(7-10)19(23)25-5-11-6-26-32(29-11)8-13-15(17(35)33(13)43(38,39)40)28-16(34)14(12-9-42-20(24)27-12)30-41-21(2-3-21)18(36)37/h6,9-10,13,15H,1-5,7-8,22H2,(H2,23,25)(H2,24,27)(H,28,34)(H,36,37)(H,38,39,40)/b30-14-/t10?,13-,15?/m0/s1. The fraction of sp³-hybridized carbons (Fsp3) is 0.524. The van der Waals surface area contributed by atoms with Crippen LogP contribution in [0.1, 0.15) is 30.7 Å². The lowest BCUT2D eigenvalue weighted by molar-refractivity contribution is -0.153. The van der Waals surface area contributed by atoms with Crippen LogP contribution in [0.4, 0.5) is 5.13 Å². The number of anilines is 1. The summed E-state index contributed by atoms with van der Waals surface area (Å²) in [5.41, 5.74) is 15.8. The summed E-state index contributed by atoms with van der Waals surface area (Å²) < 4.78 is 33.8. The Hall–Kier alpha value is -4.41. The van der Waals surface area contributed by atoms with Gasteiger partial charge in [-0.05, 0) is 6.42 Å². The van der Waals surface area contributed by atoms with E-state index in [1.807, 2.05) is 4.90 Å². The van der Waals surface area contributed by atoms with E-state index in [9.17, 15) is 32.5 Å². The largest absolute Gasteiger partial charge is 0.478 e. The Bertz CT molecular complexity index is 1600. The van der Waals surface area contributed by atoms with E-state index in [1.54, 1.807) is 0 Å². The number of nitrogens with two attached hydrogens (primary N) is 3. The molecule has 43 heavy (non-hydrogen) atoms. The number of nitrogens with zero attached hydrogens (tertiary/aromatic N) is 8. The lowest BCUT2D eigenvalue weighted by atomic mass is 9.98. The molecule has 3 aliphatic rings. The van der Waals surface area contributed by atoms with Crippen molar-refractivity contribution in [1.82, 2.24) is 34.5 Å². The summed E-state index contributed by atoms with van der Waals surface area (Å²) in [6, 6.07) is -2.82. The number of aromatic nitrogens is 4. The zero-order valence-electron chi connectivity index (χ0n) is 22.3. The first-order valence-electron chi connectivity index (χ1n) is 12.8. The number of carboxylic acid groups (broad SMARTS) is 1. The quantitative estimate of drug-likeness (QED) is 0.0461. The third-order valence-corrected chi connectivity index (χ3v) is 8.60. The first-order valence-corrected chi connectivity index (χ1v) is 15.1. The van der Waals surface area contributed by atoms with Crippen molar-refractivity contribution in [3.63, 3.8) is 0 Å². The van der Waals surface area contributed by atoms with Gasteiger partial charge in [-0.1, -0.05) is 5.16 Å². The van der Waals surface area contributed by atoms with Crippen LogP contribution < -0.4 is 22.5 Å². The Morgan fingerprint density at radius 2 is 2.07 bits per heavy atom. The van der Waals surface area contributed by atoms with Crippen molar-refractivity contribution >= 4 is 56.2 Å². The average molecular weight is 641 g/mol. The Morgan fingerprint density at radius 1 is 1.33 bits per heavy atom. The van der Waals surface area contributed by atoms with E-state index >= 15 is 0 Å². The lowest BCUT2D eigenvalue weighted by Gasteiger charge is -2.43. The van der Waals surface area contributed by atoms with Crippen molar-refractivity contribution in [2.75, 3.05) is 18.8 Å². The van der Waals surface area contributed by atoms with Gasteiger partial charge in [0.2, 0.25) is 5.60 Å². The van der Waals surface area contributed by atoms with E-state index in [4.69, 9.17) is 22.0 Å². The highest BCUT2D eigenvalue weighted by Gasteiger charge is 2.56. The molecule has 9 N–H and O–H groups in total. The van der Waals surface area contributed by atoms with Crippen LogP contribution in [-0.4, -0.2) is 114 Å². The second kappa shape index (κ2) is 11.3. The van der Waals surface area contributed by atoms with Gasteiger partial charge in [0.15, 0.2) is 16.8 Å². The van der Waals surface area contributed by atoms with Gasteiger partial charge < -0.3 is 37.4 Å². The number of thiazole rings is 1. The van der Waals surface area contributed by atoms with Gasteiger partial charge in [-0.15, -0.1) is 11.3 Å². The Balaban J connectivity index is 1.31. The third-order valence-electron chi connectivity index (χ3n) is 6.98. The number of amides is 2. The van der Waals surface area contributed by atoms with Crippen molar-refractivity contribution in [2.24, 2.45) is 21.6 Å². The SMILES string of the molecule is NC(=NCc1cnn(C[C@H]2C(NC(=O)/C(=N\OC3(C(=O)O)CC3)c3csc(N)n3)C(=O)N2S(=O)(=O)O)n1)N1CCC(N)C1. The number of likely N-dealkylation sites (tertiary alicyclic amines) is 1. The van der Waals surface area contributed by atoms with Crippen molar-refractivity contribution in [3.05, 3.63) is 23.0 Å². The number of carbonyl (C=O) groups excluding carboxylic acids is 2. The van der Waals surface area contributed by atoms with Gasteiger partial charge in [-0.2, -0.15) is 23.4 Å². The molecule has 5 rings (SSSR count). The van der Waals surface area contributed by atoms with E-state index in [-0.39, 0.29) is 53.1 Å². The zero-order chi connectivity index (χ0) is 31.1. The zero-order valence-corrected chi connectivity index (χ0v) is 23.9. The molecule has 0 bridgehead atoms. The molecule has 232 valence electrons. The number of nitrogen functional groups attached to an aromatic ring is 1. The highest BCUT2D eigenvalue weighted by atomic mass is 32.2. The van der Waals surface area contributed by atoms with Gasteiger partial charge in [0.1, 0.15) is 23.5 Å². The van der Waals surface area contributed by atoms with Crippen LogP contribution in [0.5, 0.6) is 0 Å². The molecular formula is C21H28N12O8S2. The summed E-state index contributed by atoms with van der Waals surface area (Å²) in [5, 5.41) is 25.1. The molecular weight excluding hydrogens is 612 g/mol. The van der Waals surface area contributed by atoms with Crippen LogP contribution in [0.2, 0.25) is 0 Å². The molecule has 2 unspecified atom stereocenters. The van der Waals surface area contributed by atoms with Crippen LogP contribution in [0.25, 0.3) is 0 Å². The molecule has 4 heterocycles. The van der Waals surface area contributed by atoms with Crippen LogP contribution in [0, 0.1) is 0 Å². The van der Waals surface area contributed by atoms with Gasteiger partial charge in [0.25, 0.3) is 11.8 Å². The number of β-lactam (4-membered cyclic amide) rings is 1. The minimum atomic E-state index is -5.02. The number of carboxylic acids is 1. The molecule has 1 saturated carbocycles. The Labute approximate surface area is 247 Å². The molecule has 1 aliphatic carbocycles. The van der Waals surface area contributed by atoms with Gasteiger partial charge in [0.05, 0.1) is 19.3 Å². The Morgan fingerprint density at radius 3 is 2.65 bits per heavy atom. The number of aliphatic imine (C=N–C) groups is 1. The maximum atomic E-state index is 13.2. The van der Waals surface area contributed by atoms with Gasteiger partial charge >= 0.3 is 16.3 Å². The number of hydrogen-bond donors (Lipinski definition) is 6. The molecule has 22 heteroatoms.